The highest BCUT2D eigenvalue weighted by Gasteiger charge is 2.27. The molecule has 1 aromatic carbocycles. The number of aliphatic hydroxyl groups excluding tert-OH is 1. The molecule has 1 aliphatic rings. The van der Waals surface area contributed by atoms with E-state index in [1.807, 2.05) is 37.3 Å². The molecule has 0 spiro atoms. The van der Waals surface area contributed by atoms with Crippen molar-refractivity contribution < 1.29 is 9.90 Å². The number of carbonyl (C=O) groups excluding carboxylic acids is 1. The lowest BCUT2D eigenvalue weighted by Crippen LogP contribution is -2.37. The zero-order chi connectivity index (χ0) is 13.7. The maximum atomic E-state index is 11.9. The Morgan fingerprint density at radius 3 is 2.95 bits per heavy atom. The zero-order valence-corrected chi connectivity index (χ0v) is 11.3. The van der Waals surface area contributed by atoms with Gasteiger partial charge in [-0.15, -0.1) is 0 Å². The predicted octanol–water partition coefficient (Wildman–Crippen LogP) is 2.29. The molecule has 19 heavy (non-hydrogen) atoms. The fraction of sp³-hybridized carbons (Fsp3) is 0.438. The van der Waals surface area contributed by atoms with Crippen molar-refractivity contribution >= 4 is 12.0 Å². The predicted molar refractivity (Wildman–Crippen MR) is 76.6 cm³/mol. The third-order valence-electron chi connectivity index (χ3n) is 3.82. The SMILES string of the molecule is Cc1ccccc1/C=C/C(=O)NC1CCCC1CO. The number of nitrogens with one attached hydrogen (secondary N) is 1. The van der Waals surface area contributed by atoms with E-state index in [2.05, 4.69) is 5.32 Å². The van der Waals surface area contributed by atoms with E-state index in [1.165, 1.54) is 0 Å². The molecule has 1 saturated carbocycles. The van der Waals surface area contributed by atoms with Crippen LogP contribution in [0.3, 0.4) is 0 Å². The smallest absolute Gasteiger partial charge is 0.244 e. The van der Waals surface area contributed by atoms with Crippen LogP contribution in [0.4, 0.5) is 0 Å². The Kier molecular flexibility index (Phi) is 4.74. The van der Waals surface area contributed by atoms with Gasteiger partial charge in [0, 0.05) is 24.6 Å². The van der Waals surface area contributed by atoms with E-state index in [1.54, 1.807) is 6.08 Å². The molecule has 1 aliphatic carbocycles. The molecular formula is C16H21NO2. The topological polar surface area (TPSA) is 49.3 Å². The van der Waals surface area contributed by atoms with Gasteiger partial charge in [0.1, 0.15) is 0 Å². The summed E-state index contributed by atoms with van der Waals surface area (Å²) in [6.45, 7) is 2.18. The van der Waals surface area contributed by atoms with Crippen LogP contribution < -0.4 is 5.32 Å². The molecular weight excluding hydrogens is 238 g/mol. The molecule has 1 fully saturated rings. The second-order valence-electron chi connectivity index (χ2n) is 5.18. The van der Waals surface area contributed by atoms with Crippen LogP contribution in [-0.2, 0) is 4.79 Å². The Balaban J connectivity index is 1.93. The van der Waals surface area contributed by atoms with E-state index < -0.39 is 0 Å². The summed E-state index contributed by atoms with van der Waals surface area (Å²) in [7, 11) is 0. The number of rotatable bonds is 4. The van der Waals surface area contributed by atoms with Crippen molar-refractivity contribution in [3.8, 4) is 0 Å². The largest absolute Gasteiger partial charge is 0.396 e. The molecule has 1 aromatic rings. The molecule has 0 aliphatic heterocycles. The van der Waals surface area contributed by atoms with Gasteiger partial charge in [-0.2, -0.15) is 0 Å². The average Bonchev–Trinajstić information content (AvgIpc) is 2.85. The van der Waals surface area contributed by atoms with E-state index in [9.17, 15) is 9.90 Å². The van der Waals surface area contributed by atoms with Gasteiger partial charge in [0.25, 0.3) is 0 Å². The molecule has 102 valence electrons. The fourth-order valence-electron chi connectivity index (χ4n) is 2.62. The lowest BCUT2D eigenvalue weighted by molar-refractivity contribution is -0.117. The van der Waals surface area contributed by atoms with Crippen molar-refractivity contribution in [1.29, 1.82) is 0 Å². The summed E-state index contributed by atoms with van der Waals surface area (Å²) in [5.74, 6) is 0.143. The molecule has 3 nitrogen and oxygen atoms in total. The molecule has 0 aromatic heterocycles. The van der Waals surface area contributed by atoms with E-state index in [-0.39, 0.29) is 24.5 Å². The lowest BCUT2D eigenvalue weighted by Gasteiger charge is -2.17. The van der Waals surface area contributed by atoms with Gasteiger partial charge < -0.3 is 10.4 Å². The third-order valence-corrected chi connectivity index (χ3v) is 3.82. The third kappa shape index (κ3) is 3.67. The molecule has 0 heterocycles. The average molecular weight is 259 g/mol. The van der Waals surface area contributed by atoms with Crippen LogP contribution in [-0.4, -0.2) is 23.7 Å². The summed E-state index contributed by atoms with van der Waals surface area (Å²) >= 11 is 0. The minimum Gasteiger partial charge on any atom is -0.396 e. The summed E-state index contributed by atoms with van der Waals surface area (Å²) < 4.78 is 0. The summed E-state index contributed by atoms with van der Waals surface area (Å²) in [5, 5.41) is 12.2. The highest BCUT2D eigenvalue weighted by molar-refractivity contribution is 5.92. The summed E-state index contributed by atoms with van der Waals surface area (Å²) in [6.07, 6.45) is 6.47. The number of aryl methyl sites for hydroxylation is 1. The van der Waals surface area contributed by atoms with Gasteiger partial charge in [-0.1, -0.05) is 30.7 Å². The van der Waals surface area contributed by atoms with Crippen LogP contribution in [0, 0.1) is 12.8 Å². The van der Waals surface area contributed by atoms with Crippen LogP contribution in [0.5, 0.6) is 0 Å². The van der Waals surface area contributed by atoms with Gasteiger partial charge in [-0.3, -0.25) is 4.79 Å². The van der Waals surface area contributed by atoms with E-state index >= 15 is 0 Å². The van der Waals surface area contributed by atoms with Gasteiger partial charge >= 0.3 is 0 Å². The second-order valence-corrected chi connectivity index (χ2v) is 5.18. The quantitative estimate of drug-likeness (QED) is 0.815. The molecule has 1 amide bonds. The van der Waals surface area contributed by atoms with E-state index in [4.69, 9.17) is 0 Å². The van der Waals surface area contributed by atoms with E-state index in [0.29, 0.717) is 0 Å². The second kappa shape index (κ2) is 6.53. The standard InChI is InChI=1S/C16H21NO2/c1-12-5-2-3-6-13(12)9-10-16(19)17-15-8-4-7-14(15)11-18/h2-3,5-6,9-10,14-15,18H,4,7-8,11H2,1H3,(H,17,19)/b10-9+. The number of amides is 1. The molecule has 2 N–H and O–H groups in total. The Morgan fingerprint density at radius 1 is 1.42 bits per heavy atom. The summed E-state index contributed by atoms with van der Waals surface area (Å²) in [4.78, 5) is 11.9. The number of carbonyl (C=O) groups is 1. The van der Waals surface area contributed by atoms with Crippen molar-refractivity contribution in [3.05, 3.63) is 41.5 Å². The van der Waals surface area contributed by atoms with Crippen molar-refractivity contribution in [2.75, 3.05) is 6.61 Å². The van der Waals surface area contributed by atoms with E-state index in [0.717, 1.165) is 30.4 Å². The normalized spacial score (nSPS) is 22.8. The van der Waals surface area contributed by atoms with Crippen molar-refractivity contribution in [3.63, 3.8) is 0 Å². The monoisotopic (exact) mass is 259 g/mol. The summed E-state index contributed by atoms with van der Waals surface area (Å²) in [5.41, 5.74) is 2.21. The van der Waals surface area contributed by atoms with Crippen LogP contribution >= 0.6 is 0 Å². The first kappa shape index (κ1) is 13.8. The highest BCUT2D eigenvalue weighted by atomic mass is 16.3. The molecule has 0 radical (unpaired) electrons. The minimum atomic E-state index is -0.0754. The fourth-order valence-corrected chi connectivity index (χ4v) is 2.62. The van der Waals surface area contributed by atoms with Crippen LogP contribution in [0.2, 0.25) is 0 Å². The number of hydrogen-bond acceptors (Lipinski definition) is 2. The Morgan fingerprint density at radius 2 is 2.21 bits per heavy atom. The molecule has 0 saturated heterocycles. The Labute approximate surface area is 114 Å². The van der Waals surface area contributed by atoms with Crippen molar-refractivity contribution in [1.82, 2.24) is 5.32 Å². The van der Waals surface area contributed by atoms with Crippen molar-refractivity contribution in [2.24, 2.45) is 5.92 Å². The van der Waals surface area contributed by atoms with Crippen LogP contribution in [0.1, 0.15) is 30.4 Å². The molecule has 0 bridgehead atoms. The maximum absolute atomic E-state index is 11.9. The minimum absolute atomic E-state index is 0.0754. The Hall–Kier alpha value is -1.61. The molecule has 2 atom stereocenters. The van der Waals surface area contributed by atoms with Gasteiger partial charge in [0.2, 0.25) is 5.91 Å². The number of aliphatic hydroxyl groups is 1. The van der Waals surface area contributed by atoms with Gasteiger partial charge in [-0.25, -0.2) is 0 Å². The highest BCUT2D eigenvalue weighted by Crippen LogP contribution is 2.24. The molecule has 2 unspecified atom stereocenters. The first-order valence-corrected chi connectivity index (χ1v) is 6.86. The van der Waals surface area contributed by atoms with Gasteiger partial charge in [-0.05, 0) is 37.0 Å². The van der Waals surface area contributed by atoms with Gasteiger partial charge in [0.05, 0.1) is 0 Å². The summed E-state index contributed by atoms with van der Waals surface area (Å²) in [6, 6.07) is 8.08. The van der Waals surface area contributed by atoms with Crippen LogP contribution in [0.15, 0.2) is 30.3 Å². The van der Waals surface area contributed by atoms with Crippen molar-refractivity contribution in [2.45, 2.75) is 32.2 Å². The van der Waals surface area contributed by atoms with Crippen LogP contribution in [0.25, 0.3) is 6.08 Å². The molecule has 2 rings (SSSR count). The number of hydrogen-bond donors (Lipinski definition) is 2. The first-order chi connectivity index (χ1) is 9.20. The molecule has 3 heteroatoms. The zero-order valence-electron chi connectivity index (χ0n) is 11.3. The van der Waals surface area contributed by atoms with Gasteiger partial charge in [0.15, 0.2) is 0 Å². The maximum Gasteiger partial charge on any atom is 0.244 e. The Bertz CT molecular complexity index is 468. The number of benzene rings is 1. The lowest BCUT2D eigenvalue weighted by atomic mass is 10.0. The first-order valence-electron chi connectivity index (χ1n) is 6.86.